The van der Waals surface area contributed by atoms with Crippen molar-refractivity contribution < 1.29 is 0 Å². The molecule has 2 aromatic rings. The first-order valence-electron chi connectivity index (χ1n) is 6.79. The van der Waals surface area contributed by atoms with Gasteiger partial charge in [-0.1, -0.05) is 13.0 Å². The Morgan fingerprint density at radius 1 is 1.43 bits per heavy atom. The zero-order valence-electron chi connectivity index (χ0n) is 12.1. The van der Waals surface area contributed by atoms with E-state index in [-0.39, 0.29) is 12.1 Å². The maximum atomic E-state index is 9.06. The van der Waals surface area contributed by atoms with Gasteiger partial charge in [-0.15, -0.1) is 11.3 Å². The maximum absolute atomic E-state index is 9.06. The molecule has 0 aliphatic rings. The highest BCUT2D eigenvalue weighted by atomic mass is 79.9. The van der Waals surface area contributed by atoms with Crippen LogP contribution in [0, 0.1) is 11.3 Å². The first-order valence-corrected chi connectivity index (χ1v) is 8.46. The highest BCUT2D eigenvalue weighted by molar-refractivity contribution is 9.10. The van der Waals surface area contributed by atoms with Crippen molar-refractivity contribution >= 4 is 33.0 Å². The van der Waals surface area contributed by atoms with Gasteiger partial charge in [-0.3, -0.25) is 0 Å². The third-order valence-corrected chi connectivity index (χ3v) is 5.32. The molecule has 1 heterocycles. The average Bonchev–Trinajstić information content (AvgIpc) is 2.93. The van der Waals surface area contributed by atoms with Crippen molar-refractivity contribution in [3.8, 4) is 6.07 Å². The molecule has 2 N–H and O–H groups in total. The fourth-order valence-corrected chi connectivity index (χ4v) is 4.01. The number of thiophene rings is 1. The molecule has 1 aromatic heterocycles. The van der Waals surface area contributed by atoms with Gasteiger partial charge in [-0.25, -0.2) is 0 Å². The average molecular weight is 364 g/mol. The van der Waals surface area contributed by atoms with Gasteiger partial charge in [0.1, 0.15) is 0 Å². The number of halogens is 1. The maximum Gasteiger partial charge on any atom is 0.0992 e. The molecule has 0 spiro atoms. The van der Waals surface area contributed by atoms with E-state index in [2.05, 4.69) is 45.3 Å². The summed E-state index contributed by atoms with van der Waals surface area (Å²) in [6.45, 7) is 2.10. The van der Waals surface area contributed by atoms with Crippen LogP contribution >= 0.6 is 27.3 Å². The van der Waals surface area contributed by atoms with Gasteiger partial charge in [0.2, 0.25) is 0 Å². The van der Waals surface area contributed by atoms with Gasteiger partial charge >= 0.3 is 0 Å². The molecule has 0 aliphatic carbocycles. The quantitative estimate of drug-likeness (QED) is 0.861. The van der Waals surface area contributed by atoms with E-state index in [0.717, 1.165) is 16.6 Å². The SMILES string of the molecule is CCC(N)C(c1cc(Br)cs1)N(C)c1cccc(C#N)c1. The van der Waals surface area contributed by atoms with Crippen LogP contribution in [0.4, 0.5) is 5.69 Å². The van der Waals surface area contributed by atoms with E-state index in [1.54, 1.807) is 11.3 Å². The number of likely N-dealkylation sites (N-methyl/N-ethyl adjacent to an activating group) is 1. The molecule has 0 saturated heterocycles. The van der Waals surface area contributed by atoms with Crippen LogP contribution < -0.4 is 10.6 Å². The molecular formula is C16H18BrN3S. The lowest BCUT2D eigenvalue weighted by atomic mass is 10.0. The molecule has 3 nitrogen and oxygen atoms in total. The van der Waals surface area contributed by atoms with E-state index in [1.807, 2.05) is 31.3 Å². The van der Waals surface area contributed by atoms with Crippen molar-refractivity contribution in [3.63, 3.8) is 0 Å². The highest BCUT2D eigenvalue weighted by Gasteiger charge is 2.25. The molecule has 0 bridgehead atoms. The Balaban J connectivity index is 2.38. The third-order valence-electron chi connectivity index (χ3n) is 3.56. The van der Waals surface area contributed by atoms with Crippen molar-refractivity contribution in [1.82, 2.24) is 0 Å². The Bertz CT molecular complexity index is 647. The Kier molecular flexibility index (Phi) is 5.40. The normalized spacial score (nSPS) is 13.5. The van der Waals surface area contributed by atoms with Crippen LogP contribution in [0.2, 0.25) is 0 Å². The summed E-state index contributed by atoms with van der Waals surface area (Å²) >= 11 is 5.21. The lowest BCUT2D eigenvalue weighted by Crippen LogP contribution is -2.38. The first-order chi connectivity index (χ1) is 10.1. The van der Waals surface area contributed by atoms with E-state index in [9.17, 15) is 0 Å². The first kappa shape index (κ1) is 16.0. The number of anilines is 1. The summed E-state index contributed by atoms with van der Waals surface area (Å²) in [7, 11) is 2.03. The number of nitriles is 1. The van der Waals surface area contributed by atoms with Gasteiger partial charge in [0.15, 0.2) is 0 Å². The number of benzene rings is 1. The van der Waals surface area contributed by atoms with Crippen LogP contribution in [0.5, 0.6) is 0 Å². The second-order valence-corrected chi connectivity index (χ2v) is 6.82. The number of hydrogen-bond donors (Lipinski definition) is 1. The summed E-state index contributed by atoms with van der Waals surface area (Å²) in [5, 5.41) is 11.1. The summed E-state index contributed by atoms with van der Waals surface area (Å²) in [4.78, 5) is 3.38. The minimum Gasteiger partial charge on any atom is -0.365 e. The lowest BCUT2D eigenvalue weighted by molar-refractivity contribution is 0.516. The second-order valence-electron chi connectivity index (χ2n) is 4.96. The fraction of sp³-hybridized carbons (Fsp3) is 0.312. The van der Waals surface area contributed by atoms with Gasteiger partial charge in [0, 0.05) is 33.5 Å². The standard InChI is InChI=1S/C16H18BrN3S/c1-3-14(19)16(15-8-12(17)10-21-15)20(2)13-6-4-5-11(7-13)9-18/h4-8,10,14,16H,3,19H2,1-2H3. The van der Waals surface area contributed by atoms with E-state index in [0.29, 0.717) is 5.56 Å². The zero-order valence-corrected chi connectivity index (χ0v) is 14.5. The molecule has 110 valence electrons. The van der Waals surface area contributed by atoms with Crippen LogP contribution in [-0.2, 0) is 0 Å². The summed E-state index contributed by atoms with van der Waals surface area (Å²) in [5.74, 6) is 0. The summed E-state index contributed by atoms with van der Waals surface area (Å²) in [6.07, 6.45) is 0.891. The van der Waals surface area contributed by atoms with Crippen molar-refractivity contribution in [2.75, 3.05) is 11.9 Å². The Labute approximate surface area is 138 Å². The molecule has 2 unspecified atom stereocenters. The molecule has 0 amide bonds. The van der Waals surface area contributed by atoms with Crippen LogP contribution in [0.1, 0.15) is 29.8 Å². The van der Waals surface area contributed by atoms with Gasteiger partial charge in [0.25, 0.3) is 0 Å². The molecule has 0 saturated carbocycles. The Morgan fingerprint density at radius 3 is 2.76 bits per heavy atom. The third kappa shape index (κ3) is 3.65. The largest absolute Gasteiger partial charge is 0.365 e. The highest BCUT2D eigenvalue weighted by Crippen LogP contribution is 2.34. The summed E-state index contributed by atoms with van der Waals surface area (Å²) in [6, 6.07) is 12.1. The predicted octanol–water partition coefficient (Wildman–Crippen LogP) is 4.30. The van der Waals surface area contributed by atoms with E-state index in [4.69, 9.17) is 11.0 Å². The minimum atomic E-state index is 0.0336. The van der Waals surface area contributed by atoms with Gasteiger partial charge in [-0.05, 0) is 46.6 Å². The minimum absolute atomic E-state index is 0.0336. The Morgan fingerprint density at radius 2 is 2.19 bits per heavy atom. The molecule has 2 atom stereocenters. The van der Waals surface area contributed by atoms with Gasteiger partial charge in [-0.2, -0.15) is 5.26 Å². The molecule has 0 radical (unpaired) electrons. The fourth-order valence-electron chi connectivity index (χ4n) is 2.35. The molecule has 0 fully saturated rings. The van der Waals surface area contributed by atoms with Gasteiger partial charge in [0.05, 0.1) is 17.7 Å². The number of hydrogen-bond acceptors (Lipinski definition) is 4. The monoisotopic (exact) mass is 363 g/mol. The van der Waals surface area contributed by atoms with Crippen LogP contribution in [0.3, 0.4) is 0 Å². The van der Waals surface area contributed by atoms with Gasteiger partial charge < -0.3 is 10.6 Å². The van der Waals surface area contributed by atoms with Crippen molar-refractivity contribution in [3.05, 3.63) is 50.6 Å². The number of nitrogens with zero attached hydrogens (tertiary/aromatic N) is 2. The molecule has 0 aliphatic heterocycles. The van der Waals surface area contributed by atoms with E-state index < -0.39 is 0 Å². The van der Waals surface area contributed by atoms with Crippen LogP contribution in [0.15, 0.2) is 40.2 Å². The van der Waals surface area contributed by atoms with Crippen molar-refractivity contribution in [1.29, 1.82) is 5.26 Å². The summed E-state index contributed by atoms with van der Waals surface area (Å²) < 4.78 is 1.08. The number of nitrogens with two attached hydrogens (primary N) is 1. The molecule has 1 aromatic carbocycles. The van der Waals surface area contributed by atoms with E-state index in [1.165, 1.54) is 4.88 Å². The lowest BCUT2D eigenvalue weighted by Gasteiger charge is -2.33. The van der Waals surface area contributed by atoms with Crippen molar-refractivity contribution in [2.45, 2.75) is 25.4 Å². The molecule has 21 heavy (non-hydrogen) atoms. The van der Waals surface area contributed by atoms with Crippen LogP contribution in [-0.4, -0.2) is 13.1 Å². The molecule has 2 rings (SSSR count). The molecule has 5 heteroatoms. The molecular weight excluding hydrogens is 346 g/mol. The predicted molar refractivity (Wildman–Crippen MR) is 92.6 cm³/mol. The number of rotatable bonds is 5. The zero-order chi connectivity index (χ0) is 15.4. The summed E-state index contributed by atoms with van der Waals surface area (Å²) in [5.41, 5.74) is 8.02. The smallest absolute Gasteiger partial charge is 0.0992 e. The van der Waals surface area contributed by atoms with Crippen molar-refractivity contribution in [2.24, 2.45) is 5.73 Å². The Hall–Kier alpha value is -1.35. The van der Waals surface area contributed by atoms with Crippen LogP contribution in [0.25, 0.3) is 0 Å². The van der Waals surface area contributed by atoms with E-state index >= 15 is 0 Å². The topological polar surface area (TPSA) is 53.0 Å². The second kappa shape index (κ2) is 7.08.